The highest BCUT2D eigenvalue weighted by Gasteiger charge is 2.45. The highest BCUT2D eigenvalue weighted by molar-refractivity contribution is 5.95. The number of hydrogen-bond acceptors (Lipinski definition) is 12. The Labute approximate surface area is 311 Å². The fourth-order valence-electron chi connectivity index (χ4n) is 6.55. The summed E-state index contributed by atoms with van der Waals surface area (Å²) in [7, 11) is 0. The van der Waals surface area contributed by atoms with E-state index in [1.54, 1.807) is 48.5 Å². The summed E-state index contributed by atoms with van der Waals surface area (Å²) in [5.74, 6) is -2.22. The van der Waals surface area contributed by atoms with Crippen LogP contribution in [0.1, 0.15) is 29.5 Å². The minimum Gasteiger partial charge on any atom is -0.508 e. The van der Waals surface area contributed by atoms with Gasteiger partial charge in [-0.15, -0.1) is 0 Å². The molecule has 0 saturated carbocycles. The van der Waals surface area contributed by atoms with Gasteiger partial charge in [0.05, 0.1) is 12.6 Å². The first-order valence-corrected chi connectivity index (χ1v) is 17.7. The summed E-state index contributed by atoms with van der Waals surface area (Å²) in [6.07, 6.45) is -6.28. The summed E-state index contributed by atoms with van der Waals surface area (Å²) in [6, 6.07) is 17.2. The second kappa shape index (κ2) is 18.3. The van der Waals surface area contributed by atoms with Gasteiger partial charge in [0.15, 0.2) is 0 Å². The lowest BCUT2D eigenvalue weighted by atomic mass is 9.99. The van der Waals surface area contributed by atoms with Crippen LogP contribution in [-0.4, -0.2) is 122 Å². The number of ether oxygens (including phenoxy) is 2. The van der Waals surface area contributed by atoms with Crippen molar-refractivity contribution in [3.05, 3.63) is 95.6 Å². The van der Waals surface area contributed by atoms with E-state index in [-0.39, 0.29) is 37.3 Å². The van der Waals surface area contributed by atoms with Crippen molar-refractivity contribution in [3.8, 4) is 11.5 Å². The highest BCUT2D eigenvalue weighted by Crippen LogP contribution is 2.25. The fraction of sp³-hybridized carbons (Fsp3) is 0.421. The Kier molecular flexibility index (Phi) is 13.6. The third-order valence-corrected chi connectivity index (χ3v) is 9.59. The van der Waals surface area contributed by atoms with Gasteiger partial charge in [-0.05, 0) is 60.2 Å². The van der Waals surface area contributed by atoms with Crippen LogP contribution in [0.2, 0.25) is 0 Å². The lowest BCUT2D eigenvalue weighted by Crippen LogP contribution is -2.60. The number of hydrogen-bond donors (Lipinski definition) is 9. The van der Waals surface area contributed by atoms with E-state index in [1.807, 2.05) is 6.07 Å². The molecule has 2 aliphatic heterocycles. The zero-order chi connectivity index (χ0) is 38.9. The van der Waals surface area contributed by atoms with Crippen molar-refractivity contribution in [2.45, 2.75) is 87.0 Å². The van der Waals surface area contributed by atoms with Crippen molar-refractivity contribution in [1.82, 2.24) is 15.5 Å². The molecule has 0 radical (unpaired) electrons. The van der Waals surface area contributed by atoms with Crippen LogP contribution < -0.4 is 26.8 Å². The number of phenols is 1. The Morgan fingerprint density at radius 2 is 1.43 bits per heavy atom. The molecule has 9 atom stereocenters. The van der Waals surface area contributed by atoms with Crippen LogP contribution in [0.3, 0.4) is 0 Å². The number of nitrogens with zero attached hydrogens (tertiary/aromatic N) is 1. The maximum Gasteiger partial charge on any atom is 0.243 e. The number of primary amides is 1. The first-order chi connectivity index (χ1) is 25.8. The van der Waals surface area contributed by atoms with Gasteiger partial charge < -0.3 is 62.0 Å². The number of nitrogens with two attached hydrogens (primary N) is 2. The maximum atomic E-state index is 13.9. The number of benzene rings is 3. The largest absolute Gasteiger partial charge is 0.508 e. The Morgan fingerprint density at radius 1 is 0.815 bits per heavy atom. The average Bonchev–Trinajstić information content (AvgIpc) is 3.66. The van der Waals surface area contributed by atoms with Crippen LogP contribution in [0.15, 0.2) is 78.9 Å². The molecular weight excluding hydrogens is 702 g/mol. The number of aromatic hydroxyl groups is 1. The van der Waals surface area contributed by atoms with Gasteiger partial charge in [0.2, 0.25) is 29.9 Å². The zero-order valence-electron chi connectivity index (χ0n) is 29.4. The summed E-state index contributed by atoms with van der Waals surface area (Å²) in [6.45, 7) is -0.339. The van der Waals surface area contributed by atoms with Crippen LogP contribution >= 0.6 is 0 Å². The van der Waals surface area contributed by atoms with E-state index in [9.17, 15) is 44.7 Å². The van der Waals surface area contributed by atoms with E-state index in [1.165, 1.54) is 29.2 Å². The van der Waals surface area contributed by atoms with Gasteiger partial charge in [-0.2, -0.15) is 0 Å². The number of amides is 4. The Balaban J connectivity index is 1.31. The molecule has 4 amide bonds. The maximum absolute atomic E-state index is 13.9. The third kappa shape index (κ3) is 10.1. The SMILES string of the molecule is NC(=O)[C@H](Cc1ccccc1)NC(=O)[C@H](Cc1ccc(O[C@@H]2O[C@H](CO)[C@@H](O)[C@H](O)[C@H]2O)cc1)NC(=O)[C@@H]1CCCN1C(=O)[C@@H](N)Cc1ccc(O)cc1. The number of aliphatic hydroxyl groups excluding tert-OH is 4. The molecule has 2 saturated heterocycles. The number of phenolic OH excluding ortho intramolecular Hbond substituents is 1. The van der Waals surface area contributed by atoms with Gasteiger partial charge >= 0.3 is 0 Å². The molecule has 0 bridgehead atoms. The molecule has 54 heavy (non-hydrogen) atoms. The van der Waals surface area contributed by atoms with Gasteiger partial charge in [-0.3, -0.25) is 19.2 Å². The number of carbonyl (C=O) groups is 4. The van der Waals surface area contributed by atoms with Crippen molar-refractivity contribution < 1.29 is 54.2 Å². The van der Waals surface area contributed by atoms with Crippen molar-refractivity contribution in [1.29, 1.82) is 0 Å². The molecule has 2 aliphatic rings. The van der Waals surface area contributed by atoms with Crippen molar-refractivity contribution in [3.63, 3.8) is 0 Å². The van der Waals surface area contributed by atoms with Crippen molar-refractivity contribution in [2.24, 2.45) is 11.5 Å². The Bertz CT molecular complexity index is 1730. The molecule has 2 fully saturated rings. The van der Waals surface area contributed by atoms with Crippen LogP contribution in [0.4, 0.5) is 0 Å². The molecule has 16 heteroatoms. The van der Waals surface area contributed by atoms with Gasteiger partial charge in [0, 0.05) is 19.4 Å². The van der Waals surface area contributed by atoms with Gasteiger partial charge in [-0.1, -0.05) is 54.6 Å². The van der Waals surface area contributed by atoms with E-state index in [4.69, 9.17) is 20.9 Å². The molecule has 3 aromatic rings. The molecule has 11 N–H and O–H groups in total. The van der Waals surface area contributed by atoms with Crippen molar-refractivity contribution in [2.75, 3.05) is 13.2 Å². The van der Waals surface area contributed by atoms with E-state index in [0.29, 0.717) is 18.4 Å². The minimum absolute atomic E-state index is 0.0598. The lowest BCUT2D eigenvalue weighted by molar-refractivity contribution is -0.277. The second-order valence-corrected chi connectivity index (χ2v) is 13.5. The molecule has 290 valence electrons. The van der Waals surface area contributed by atoms with Gasteiger partial charge in [0.1, 0.15) is 54.0 Å². The smallest absolute Gasteiger partial charge is 0.243 e. The monoisotopic (exact) mass is 749 g/mol. The highest BCUT2D eigenvalue weighted by atomic mass is 16.7. The Hall–Kier alpha value is -5.10. The first kappa shape index (κ1) is 40.1. The molecular formula is C38H47N5O11. The molecule has 0 spiro atoms. The zero-order valence-corrected chi connectivity index (χ0v) is 29.4. The molecule has 2 heterocycles. The quantitative estimate of drug-likeness (QED) is 0.0849. The predicted molar refractivity (Wildman–Crippen MR) is 192 cm³/mol. The number of rotatable bonds is 15. The number of nitrogens with one attached hydrogen (secondary N) is 2. The predicted octanol–water partition coefficient (Wildman–Crippen LogP) is -1.63. The summed E-state index contributed by atoms with van der Waals surface area (Å²) < 4.78 is 11.1. The number of carbonyl (C=O) groups excluding carboxylic acids is 4. The van der Waals surface area contributed by atoms with E-state index >= 15 is 0 Å². The second-order valence-electron chi connectivity index (χ2n) is 13.5. The van der Waals surface area contributed by atoms with Crippen molar-refractivity contribution >= 4 is 23.6 Å². The third-order valence-electron chi connectivity index (χ3n) is 9.59. The van der Waals surface area contributed by atoms with Gasteiger partial charge in [0.25, 0.3) is 0 Å². The first-order valence-electron chi connectivity index (χ1n) is 17.7. The molecule has 3 aromatic carbocycles. The van der Waals surface area contributed by atoms with E-state index < -0.39 is 85.1 Å². The number of likely N-dealkylation sites (tertiary alicyclic amines) is 1. The molecule has 16 nitrogen and oxygen atoms in total. The fourth-order valence-corrected chi connectivity index (χ4v) is 6.55. The molecule has 0 aromatic heterocycles. The van der Waals surface area contributed by atoms with Crippen LogP contribution in [0, 0.1) is 0 Å². The van der Waals surface area contributed by atoms with E-state index in [0.717, 1.165) is 11.1 Å². The van der Waals surface area contributed by atoms with Crippen LogP contribution in [-0.2, 0) is 43.2 Å². The summed E-state index contributed by atoms with van der Waals surface area (Å²) in [4.78, 5) is 55.0. The van der Waals surface area contributed by atoms with Crippen LogP contribution in [0.25, 0.3) is 0 Å². The number of aliphatic hydroxyl groups is 4. The van der Waals surface area contributed by atoms with E-state index in [2.05, 4.69) is 10.6 Å². The Morgan fingerprint density at radius 3 is 2.07 bits per heavy atom. The normalized spacial score (nSPS) is 24.2. The molecule has 0 unspecified atom stereocenters. The summed E-state index contributed by atoms with van der Waals surface area (Å²) in [5, 5.41) is 55.0. The lowest BCUT2D eigenvalue weighted by Gasteiger charge is -2.39. The standard InChI is InChI=1S/C38H47N5O11/c39-26(17-22-8-12-24(45)13-9-22)37(52)43-16-4-7-29(43)36(51)42-28(35(50)41-27(34(40)49)18-21-5-2-1-3-6-21)19-23-10-14-25(15-11-23)53-38-33(48)32(47)31(46)30(20-44)54-38/h1-3,5-6,8-15,26-33,38,44-48H,4,7,16-20,39H2,(H2,40,49)(H,41,50)(H,42,51)/t26-,27-,28-,29-,30+,31+,32-,33+,38+/m0/s1. The average molecular weight is 750 g/mol. The minimum atomic E-state index is -1.63. The molecule has 5 rings (SSSR count). The topological polar surface area (TPSA) is 267 Å². The van der Waals surface area contributed by atoms with Crippen LogP contribution in [0.5, 0.6) is 11.5 Å². The van der Waals surface area contributed by atoms with Gasteiger partial charge in [-0.25, -0.2) is 0 Å². The summed E-state index contributed by atoms with van der Waals surface area (Å²) in [5.41, 5.74) is 14.0. The summed E-state index contributed by atoms with van der Waals surface area (Å²) >= 11 is 0. The molecule has 0 aliphatic carbocycles.